The summed E-state index contributed by atoms with van der Waals surface area (Å²) in [5.41, 5.74) is 2.22. The first kappa shape index (κ1) is 28.6. The first-order valence-corrected chi connectivity index (χ1v) is 16.9. The summed E-state index contributed by atoms with van der Waals surface area (Å²) < 4.78 is 53.6. The van der Waals surface area contributed by atoms with Crippen LogP contribution in [-0.4, -0.2) is 42.3 Å². The van der Waals surface area contributed by atoms with Crippen molar-refractivity contribution in [2.45, 2.75) is 13.5 Å². The highest BCUT2D eigenvalue weighted by Gasteiger charge is 2.25. The molecule has 1 aliphatic rings. The van der Waals surface area contributed by atoms with Crippen LogP contribution in [0.1, 0.15) is 12.5 Å². The SMILES string of the molecule is CCOc1cc2ncnc(Nc3ccc(OCc4cccc(F)c4)c(Cl)c3)c2cc1NS(=O)(=O)CC1CSSC1. The molecule has 4 aromatic rings. The molecule has 8 nitrogen and oxygen atoms in total. The molecule has 1 fully saturated rings. The summed E-state index contributed by atoms with van der Waals surface area (Å²) in [5.74, 6) is 2.71. The molecule has 0 unspecified atom stereocenters. The standard InChI is InChI=1S/C27H26ClFN4O4S3/c1-2-36-26-11-23-21(10-24(26)33-40(34,35)15-18-13-38-39-14-18)27(31-16-30-23)32-20-6-7-25(22(28)9-20)37-12-17-4-3-5-19(29)8-17/h3-11,16,18,33H,2,12-15H2,1H3,(H,30,31,32). The number of rotatable bonds is 11. The van der Waals surface area contributed by atoms with E-state index in [1.54, 1.807) is 64.1 Å². The quantitative estimate of drug-likeness (QED) is 0.173. The molecule has 2 N–H and O–H groups in total. The fraction of sp³-hybridized carbons (Fsp3) is 0.259. The van der Waals surface area contributed by atoms with Crippen molar-refractivity contribution < 1.29 is 22.3 Å². The summed E-state index contributed by atoms with van der Waals surface area (Å²) in [4.78, 5) is 8.73. The molecule has 0 aliphatic carbocycles. The van der Waals surface area contributed by atoms with Crippen molar-refractivity contribution in [1.29, 1.82) is 0 Å². The largest absolute Gasteiger partial charge is 0.492 e. The molecule has 0 saturated carbocycles. The van der Waals surface area contributed by atoms with E-state index in [1.165, 1.54) is 18.5 Å². The Morgan fingerprint density at radius 3 is 2.62 bits per heavy atom. The summed E-state index contributed by atoms with van der Waals surface area (Å²) in [6.45, 7) is 2.36. The predicted octanol–water partition coefficient (Wildman–Crippen LogP) is 6.90. The molecule has 1 aromatic heterocycles. The summed E-state index contributed by atoms with van der Waals surface area (Å²) in [6.07, 6.45) is 1.41. The molecule has 0 bridgehead atoms. The first-order chi connectivity index (χ1) is 19.3. The second-order valence-corrected chi connectivity index (χ2v) is 13.8. The molecular formula is C27H26ClFN4O4S3. The zero-order valence-corrected chi connectivity index (χ0v) is 24.6. The molecule has 210 valence electrons. The van der Waals surface area contributed by atoms with Gasteiger partial charge in [0.2, 0.25) is 10.0 Å². The fourth-order valence-corrected chi connectivity index (χ4v) is 9.01. The Morgan fingerprint density at radius 1 is 1.05 bits per heavy atom. The van der Waals surface area contributed by atoms with E-state index in [-0.39, 0.29) is 24.1 Å². The smallest absolute Gasteiger partial charge is 0.233 e. The number of sulfonamides is 1. The summed E-state index contributed by atoms with van der Waals surface area (Å²) in [5, 5.41) is 4.18. The van der Waals surface area contributed by atoms with Gasteiger partial charge in [0.05, 0.1) is 28.6 Å². The van der Waals surface area contributed by atoms with Gasteiger partial charge in [-0.2, -0.15) is 0 Å². The number of nitrogens with one attached hydrogen (secondary N) is 2. The number of hydrogen-bond acceptors (Lipinski definition) is 9. The van der Waals surface area contributed by atoms with Crippen LogP contribution < -0.4 is 19.5 Å². The van der Waals surface area contributed by atoms with E-state index in [0.29, 0.717) is 56.8 Å². The van der Waals surface area contributed by atoms with Crippen LogP contribution in [-0.2, 0) is 16.6 Å². The number of nitrogens with zero attached hydrogens (tertiary/aromatic N) is 2. The number of hydrogen-bond donors (Lipinski definition) is 2. The molecule has 3 aromatic carbocycles. The van der Waals surface area contributed by atoms with Gasteiger partial charge in [-0.15, -0.1) is 0 Å². The molecule has 40 heavy (non-hydrogen) atoms. The van der Waals surface area contributed by atoms with E-state index in [4.69, 9.17) is 21.1 Å². The summed E-state index contributed by atoms with van der Waals surface area (Å²) in [6, 6.07) is 14.7. The number of aromatic nitrogens is 2. The molecule has 2 heterocycles. The lowest BCUT2D eigenvalue weighted by atomic mass is 10.2. The van der Waals surface area contributed by atoms with Crippen molar-refractivity contribution in [3.8, 4) is 11.5 Å². The van der Waals surface area contributed by atoms with Gasteiger partial charge in [0.25, 0.3) is 0 Å². The van der Waals surface area contributed by atoms with Gasteiger partial charge < -0.3 is 14.8 Å². The Kier molecular flexibility index (Phi) is 9.09. The van der Waals surface area contributed by atoms with Crippen molar-refractivity contribution in [3.63, 3.8) is 0 Å². The molecule has 0 radical (unpaired) electrons. The third-order valence-corrected chi connectivity index (χ3v) is 10.4. The van der Waals surface area contributed by atoms with Crippen molar-refractivity contribution in [3.05, 3.63) is 77.3 Å². The lowest BCUT2D eigenvalue weighted by Gasteiger charge is -2.17. The average molecular weight is 621 g/mol. The summed E-state index contributed by atoms with van der Waals surface area (Å²) in [7, 11) is -0.222. The number of anilines is 3. The Hall–Kier alpha value is -2.93. The molecule has 0 atom stereocenters. The van der Waals surface area contributed by atoms with Gasteiger partial charge in [-0.05, 0) is 54.8 Å². The Labute approximate surface area is 244 Å². The van der Waals surface area contributed by atoms with E-state index in [0.717, 1.165) is 11.5 Å². The third kappa shape index (κ3) is 7.22. The highest BCUT2D eigenvalue weighted by atomic mass is 35.5. The van der Waals surface area contributed by atoms with Gasteiger partial charge in [-0.3, -0.25) is 4.72 Å². The molecular weight excluding hydrogens is 595 g/mol. The van der Waals surface area contributed by atoms with E-state index >= 15 is 0 Å². The van der Waals surface area contributed by atoms with Crippen LogP contribution in [0.15, 0.2) is 60.9 Å². The van der Waals surface area contributed by atoms with E-state index in [2.05, 4.69) is 20.0 Å². The van der Waals surface area contributed by atoms with Crippen LogP contribution in [0, 0.1) is 11.7 Å². The fourth-order valence-electron chi connectivity index (χ4n) is 4.11. The van der Waals surface area contributed by atoms with Gasteiger partial charge in [0, 0.05) is 28.6 Å². The minimum absolute atomic E-state index is 0.0408. The van der Waals surface area contributed by atoms with Crippen molar-refractivity contribution >= 4 is 71.3 Å². The second kappa shape index (κ2) is 12.7. The highest BCUT2D eigenvalue weighted by Crippen LogP contribution is 2.37. The number of benzene rings is 3. The van der Waals surface area contributed by atoms with Crippen LogP contribution in [0.4, 0.5) is 21.6 Å². The predicted molar refractivity (Wildman–Crippen MR) is 162 cm³/mol. The molecule has 0 amide bonds. The van der Waals surface area contributed by atoms with Crippen LogP contribution in [0.25, 0.3) is 10.9 Å². The Balaban J connectivity index is 1.38. The maximum atomic E-state index is 13.4. The van der Waals surface area contributed by atoms with Gasteiger partial charge in [0.15, 0.2) is 0 Å². The maximum absolute atomic E-state index is 13.4. The minimum Gasteiger partial charge on any atom is -0.492 e. The molecule has 0 spiro atoms. The number of halogens is 2. The lowest BCUT2D eigenvalue weighted by molar-refractivity contribution is 0.306. The summed E-state index contributed by atoms with van der Waals surface area (Å²) >= 11 is 6.47. The van der Waals surface area contributed by atoms with Crippen LogP contribution >= 0.6 is 33.2 Å². The zero-order chi connectivity index (χ0) is 28.1. The lowest BCUT2D eigenvalue weighted by Crippen LogP contribution is -2.24. The highest BCUT2D eigenvalue weighted by molar-refractivity contribution is 8.77. The topological polar surface area (TPSA) is 102 Å². The van der Waals surface area contributed by atoms with E-state index < -0.39 is 10.0 Å². The molecule has 5 rings (SSSR count). The van der Waals surface area contributed by atoms with Crippen LogP contribution in [0.2, 0.25) is 5.02 Å². The van der Waals surface area contributed by atoms with Crippen LogP contribution in [0.5, 0.6) is 11.5 Å². The van der Waals surface area contributed by atoms with Gasteiger partial charge in [-0.25, -0.2) is 22.8 Å². The second-order valence-electron chi connectivity index (χ2n) is 9.03. The number of fused-ring (bicyclic) bond motifs is 1. The average Bonchev–Trinajstić information content (AvgIpc) is 3.41. The third-order valence-electron chi connectivity index (χ3n) is 5.93. The van der Waals surface area contributed by atoms with Crippen molar-refractivity contribution in [2.24, 2.45) is 5.92 Å². The normalized spacial score (nSPS) is 13.9. The zero-order valence-electron chi connectivity index (χ0n) is 21.4. The van der Waals surface area contributed by atoms with Crippen molar-refractivity contribution in [2.75, 3.05) is 33.9 Å². The van der Waals surface area contributed by atoms with Crippen molar-refractivity contribution in [1.82, 2.24) is 9.97 Å². The molecule has 1 aliphatic heterocycles. The molecule has 1 saturated heterocycles. The molecule has 13 heteroatoms. The number of ether oxygens (including phenoxy) is 2. The van der Waals surface area contributed by atoms with E-state index in [1.807, 2.05) is 6.92 Å². The minimum atomic E-state index is -3.61. The maximum Gasteiger partial charge on any atom is 0.233 e. The Morgan fingerprint density at radius 2 is 1.88 bits per heavy atom. The van der Waals surface area contributed by atoms with E-state index in [9.17, 15) is 12.8 Å². The van der Waals surface area contributed by atoms with Gasteiger partial charge in [0.1, 0.15) is 36.1 Å². The van der Waals surface area contributed by atoms with Crippen LogP contribution in [0.3, 0.4) is 0 Å². The first-order valence-electron chi connectivity index (χ1n) is 12.4. The van der Waals surface area contributed by atoms with Gasteiger partial charge in [-0.1, -0.05) is 45.3 Å². The monoisotopic (exact) mass is 620 g/mol. The van der Waals surface area contributed by atoms with Gasteiger partial charge >= 0.3 is 0 Å². The Bertz CT molecular complexity index is 1620.